The molecule has 5 nitrogen and oxygen atoms in total. The normalized spacial score (nSPS) is 10.6. The van der Waals surface area contributed by atoms with Gasteiger partial charge in [0.2, 0.25) is 0 Å². The smallest absolute Gasteiger partial charge is 0.196 e. The Labute approximate surface area is 168 Å². The molecule has 0 aliphatic rings. The van der Waals surface area contributed by atoms with Crippen LogP contribution in [0.4, 0.5) is 11.4 Å². The second-order valence-corrected chi connectivity index (χ2v) is 6.42. The number of hydrogen-bond donors (Lipinski definition) is 1. The zero-order valence-electron chi connectivity index (χ0n) is 16.2. The Morgan fingerprint density at radius 1 is 0.828 bits per heavy atom. The third-order valence-electron chi connectivity index (χ3n) is 4.73. The SMILES string of the molecule is COc1ccccc1Nc1c(C(=O)c2ccccc2)cnc2c(OC)cccc12. The van der Waals surface area contributed by atoms with E-state index in [1.807, 2.05) is 60.7 Å². The van der Waals surface area contributed by atoms with E-state index in [-0.39, 0.29) is 5.78 Å². The fraction of sp³-hybridized carbons (Fsp3) is 0.0833. The van der Waals surface area contributed by atoms with Gasteiger partial charge in [0, 0.05) is 17.1 Å². The molecular weight excluding hydrogens is 364 g/mol. The predicted molar refractivity (Wildman–Crippen MR) is 114 cm³/mol. The van der Waals surface area contributed by atoms with Crippen molar-refractivity contribution in [3.8, 4) is 11.5 Å². The molecule has 0 spiro atoms. The number of rotatable bonds is 6. The maximum Gasteiger partial charge on any atom is 0.196 e. The first kappa shape index (κ1) is 18.5. The standard InChI is InChI=1S/C24H20N2O3/c1-28-20-13-7-6-12-19(20)26-22-17-11-8-14-21(29-2)23(17)25-15-18(22)24(27)16-9-4-3-5-10-16/h3-15H,1-2H3,(H,25,26). The summed E-state index contributed by atoms with van der Waals surface area (Å²) in [6.45, 7) is 0. The Morgan fingerprint density at radius 3 is 2.28 bits per heavy atom. The van der Waals surface area contributed by atoms with E-state index in [0.29, 0.717) is 33.8 Å². The molecule has 0 aliphatic heterocycles. The Balaban J connectivity index is 1.94. The molecule has 0 saturated carbocycles. The van der Waals surface area contributed by atoms with Crippen molar-refractivity contribution in [2.45, 2.75) is 0 Å². The van der Waals surface area contributed by atoms with Gasteiger partial charge in [-0.3, -0.25) is 9.78 Å². The van der Waals surface area contributed by atoms with Crippen LogP contribution in [0.1, 0.15) is 15.9 Å². The monoisotopic (exact) mass is 384 g/mol. The Kier molecular flexibility index (Phi) is 5.12. The Morgan fingerprint density at radius 2 is 1.52 bits per heavy atom. The van der Waals surface area contributed by atoms with Crippen LogP contribution in [0.5, 0.6) is 11.5 Å². The Hall–Kier alpha value is -3.86. The number of anilines is 2. The maximum absolute atomic E-state index is 13.3. The number of ketones is 1. The average Bonchev–Trinajstić information content (AvgIpc) is 2.79. The van der Waals surface area contributed by atoms with E-state index in [2.05, 4.69) is 10.3 Å². The highest BCUT2D eigenvalue weighted by Gasteiger charge is 2.19. The molecule has 0 fully saturated rings. The van der Waals surface area contributed by atoms with Gasteiger partial charge in [-0.05, 0) is 18.2 Å². The van der Waals surface area contributed by atoms with Gasteiger partial charge in [-0.15, -0.1) is 0 Å². The van der Waals surface area contributed by atoms with Gasteiger partial charge in [0.1, 0.15) is 17.0 Å². The number of nitrogens with one attached hydrogen (secondary N) is 1. The van der Waals surface area contributed by atoms with Crippen molar-refractivity contribution in [3.05, 3.63) is 90.1 Å². The molecule has 0 saturated heterocycles. The van der Waals surface area contributed by atoms with Crippen LogP contribution >= 0.6 is 0 Å². The van der Waals surface area contributed by atoms with Gasteiger partial charge in [0.05, 0.1) is 31.2 Å². The van der Waals surface area contributed by atoms with Crippen LogP contribution in [0.2, 0.25) is 0 Å². The fourth-order valence-corrected chi connectivity index (χ4v) is 3.30. The van der Waals surface area contributed by atoms with Crippen molar-refractivity contribution in [2.24, 2.45) is 0 Å². The lowest BCUT2D eigenvalue weighted by atomic mass is 10.00. The minimum Gasteiger partial charge on any atom is -0.495 e. The Bertz CT molecular complexity index is 1170. The van der Waals surface area contributed by atoms with Crippen LogP contribution in [-0.4, -0.2) is 25.0 Å². The van der Waals surface area contributed by atoms with E-state index in [1.165, 1.54) is 0 Å². The van der Waals surface area contributed by atoms with Gasteiger partial charge < -0.3 is 14.8 Å². The van der Waals surface area contributed by atoms with Crippen LogP contribution in [-0.2, 0) is 0 Å². The van der Waals surface area contributed by atoms with Gasteiger partial charge >= 0.3 is 0 Å². The molecule has 3 aromatic carbocycles. The first-order valence-electron chi connectivity index (χ1n) is 9.18. The molecule has 0 unspecified atom stereocenters. The van der Waals surface area contributed by atoms with Crippen molar-refractivity contribution in [2.75, 3.05) is 19.5 Å². The molecule has 4 aromatic rings. The summed E-state index contributed by atoms with van der Waals surface area (Å²) in [4.78, 5) is 17.8. The molecule has 4 rings (SSSR count). The van der Waals surface area contributed by atoms with Crippen molar-refractivity contribution in [3.63, 3.8) is 0 Å². The molecule has 1 aromatic heterocycles. The van der Waals surface area contributed by atoms with E-state index >= 15 is 0 Å². The van der Waals surface area contributed by atoms with Crippen molar-refractivity contribution < 1.29 is 14.3 Å². The molecule has 29 heavy (non-hydrogen) atoms. The number of ether oxygens (including phenoxy) is 2. The van der Waals surface area contributed by atoms with E-state index in [1.54, 1.807) is 32.5 Å². The van der Waals surface area contributed by atoms with E-state index in [9.17, 15) is 4.79 Å². The summed E-state index contributed by atoms with van der Waals surface area (Å²) in [6, 6.07) is 22.4. The topological polar surface area (TPSA) is 60.5 Å². The highest BCUT2D eigenvalue weighted by atomic mass is 16.5. The molecule has 144 valence electrons. The van der Waals surface area contributed by atoms with Crippen molar-refractivity contribution in [1.29, 1.82) is 0 Å². The van der Waals surface area contributed by atoms with Crippen LogP contribution in [0.15, 0.2) is 79.0 Å². The molecule has 0 radical (unpaired) electrons. The number of fused-ring (bicyclic) bond motifs is 1. The van der Waals surface area contributed by atoms with Gasteiger partial charge in [-0.2, -0.15) is 0 Å². The third-order valence-corrected chi connectivity index (χ3v) is 4.73. The summed E-state index contributed by atoms with van der Waals surface area (Å²) in [5.74, 6) is 1.21. The second kappa shape index (κ2) is 8.02. The maximum atomic E-state index is 13.3. The molecule has 0 amide bonds. The zero-order chi connectivity index (χ0) is 20.2. The largest absolute Gasteiger partial charge is 0.495 e. The number of methoxy groups -OCH3 is 2. The first-order valence-corrected chi connectivity index (χ1v) is 9.18. The lowest BCUT2D eigenvalue weighted by Gasteiger charge is -2.17. The average molecular weight is 384 g/mol. The number of nitrogens with zero attached hydrogens (tertiary/aromatic N) is 1. The summed E-state index contributed by atoms with van der Waals surface area (Å²) < 4.78 is 10.9. The molecule has 0 atom stereocenters. The van der Waals surface area contributed by atoms with E-state index in [0.717, 1.165) is 11.1 Å². The number of hydrogen-bond acceptors (Lipinski definition) is 5. The van der Waals surface area contributed by atoms with Crippen molar-refractivity contribution >= 4 is 28.1 Å². The number of aromatic nitrogens is 1. The van der Waals surface area contributed by atoms with Crippen LogP contribution in [0, 0.1) is 0 Å². The third kappa shape index (κ3) is 3.50. The van der Waals surface area contributed by atoms with E-state index < -0.39 is 0 Å². The molecule has 1 N–H and O–H groups in total. The minimum atomic E-state index is -0.111. The highest BCUT2D eigenvalue weighted by Crippen LogP contribution is 2.36. The summed E-state index contributed by atoms with van der Waals surface area (Å²) in [5, 5.41) is 4.18. The fourth-order valence-electron chi connectivity index (χ4n) is 3.30. The van der Waals surface area contributed by atoms with Gasteiger partial charge in [0.15, 0.2) is 5.78 Å². The molecule has 0 bridgehead atoms. The highest BCUT2D eigenvalue weighted by molar-refractivity contribution is 6.16. The molecule has 1 heterocycles. The first-order chi connectivity index (χ1) is 14.2. The molecule has 5 heteroatoms. The summed E-state index contributed by atoms with van der Waals surface area (Å²) in [5.41, 5.74) is 3.17. The van der Waals surface area contributed by atoms with Crippen LogP contribution in [0.25, 0.3) is 10.9 Å². The number of benzene rings is 3. The van der Waals surface area contributed by atoms with Gasteiger partial charge in [-0.1, -0.05) is 54.6 Å². The lowest BCUT2D eigenvalue weighted by molar-refractivity contribution is 0.103. The lowest BCUT2D eigenvalue weighted by Crippen LogP contribution is -2.08. The van der Waals surface area contributed by atoms with Crippen molar-refractivity contribution in [1.82, 2.24) is 4.98 Å². The summed E-state index contributed by atoms with van der Waals surface area (Å²) >= 11 is 0. The second-order valence-electron chi connectivity index (χ2n) is 6.42. The minimum absolute atomic E-state index is 0.111. The molecular formula is C24H20N2O3. The van der Waals surface area contributed by atoms with Crippen LogP contribution in [0.3, 0.4) is 0 Å². The summed E-state index contributed by atoms with van der Waals surface area (Å²) in [6.07, 6.45) is 1.60. The van der Waals surface area contributed by atoms with Crippen LogP contribution < -0.4 is 14.8 Å². The van der Waals surface area contributed by atoms with E-state index in [4.69, 9.17) is 9.47 Å². The predicted octanol–water partition coefficient (Wildman–Crippen LogP) is 5.23. The number of carbonyl (C=O) groups is 1. The van der Waals surface area contributed by atoms with Gasteiger partial charge in [0.25, 0.3) is 0 Å². The molecule has 0 aliphatic carbocycles. The van der Waals surface area contributed by atoms with Gasteiger partial charge in [-0.25, -0.2) is 0 Å². The number of para-hydroxylation sites is 3. The quantitative estimate of drug-likeness (QED) is 0.462. The zero-order valence-corrected chi connectivity index (χ0v) is 16.2. The number of carbonyl (C=O) groups excluding carboxylic acids is 1. The number of pyridine rings is 1. The summed E-state index contributed by atoms with van der Waals surface area (Å²) in [7, 11) is 3.22.